The molecule has 0 amide bonds. The number of fused-ring (bicyclic) bond motifs is 1. The van der Waals surface area contributed by atoms with Crippen LogP contribution in [0.1, 0.15) is 18.1 Å². The van der Waals surface area contributed by atoms with Crippen LogP contribution in [0.3, 0.4) is 0 Å². The minimum absolute atomic E-state index is 0.149. The summed E-state index contributed by atoms with van der Waals surface area (Å²) in [6, 6.07) is 8.41. The summed E-state index contributed by atoms with van der Waals surface area (Å²) in [7, 11) is -3.49. The van der Waals surface area contributed by atoms with Gasteiger partial charge in [0.15, 0.2) is 11.5 Å². The van der Waals surface area contributed by atoms with Crippen molar-refractivity contribution < 1.29 is 23.0 Å². The molecule has 0 spiro atoms. The van der Waals surface area contributed by atoms with E-state index in [1.807, 2.05) is 0 Å². The van der Waals surface area contributed by atoms with E-state index < -0.39 is 16.1 Å². The molecule has 2 heterocycles. The first-order valence-corrected chi connectivity index (χ1v) is 9.03. The zero-order chi connectivity index (χ0) is 15.6. The second-order valence-electron chi connectivity index (χ2n) is 4.75. The van der Waals surface area contributed by atoms with Crippen LogP contribution in [-0.4, -0.2) is 26.9 Å². The number of ether oxygens (including phenoxy) is 2. The normalized spacial score (nSPS) is 15.0. The van der Waals surface area contributed by atoms with Crippen LogP contribution in [0, 0.1) is 0 Å². The second-order valence-corrected chi connectivity index (χ2v) is 7.69. The van der Waals surface area contributed by atoms with Gasteiger partial charge in [-0.25, -0.2) is 13.1 Å². The topological polar surface area (TPSA) is 84.9 Å². The van der Waals surface area contributed by atoms with Crippen LogP contribution >= 0.6 is 11.3 Å². The van der Waals surface area contributed by atoms with E-state index in [4.69, 9.17) is 9.47 Å². The molecule has 1 aliphatic heterocycles. The molecule has 2 N–H and O–H groups in total. The first-order chi connectivity index (χ1) is 10.6. The Morgan fingerprint density at radius 1 is 1.27 bits per heavy atom. The van der Waals surface area contributed by atoms with Crippen LogP contribution in [0.5, 0.6) is 11.5 Å². The standard InChI is InChI=1S/C14H15NO5S2/c16-11(10-3-4-12-13(8-10)20-9-19-12)5-6-15-22(17,18)14-2-1-7-21-14/h1-4,7-8,11,15-16H,5-6,9H2. The minimum atomic E-state index is -3.49. The highest BCUT2D eigenvalue weighted by Crippen LogP contribution is 2.34. The maximum Gasteiger partial charge on any atom is 0.250 e. The van der Waals surface area contributed by atoms with Crippen LogP contribution in [-0.2, 0) is 10.0 Å². The third-order valence-corrected chi connectivity index (χ3v) is 6.11. The fourth-order valence-electron chi connectivity index (χ4n) is 2.10. The summed E-state index contributed by atoms with van der Waals surface area (Å²) in [6.07, 6.45) is -0.509. The van der Waals surface area contributed by atoms with Crippen molar-refractivity contribution in [3.05, 3.63) is 41.3 Å². The minimum Gasteiger partial charge on any atom is -0.454 e. The van der Waals surface area contributed by atoms with Crippen molar-refractivity contribution in [1.29, 1.82) is 0 Å². The fraction of sp³-hybridized carbons (Fsp3) is 0.286. The lowest BCUT2D eigenvalue weighted by Gasteiger charge is -2.12. The van der Waals surface area contributed by atoms with Gasteiger partial charge < -0.3 is 14.6 Å². The number of aliphatic hydroxyl groups is 1. The molecule has 0 bridgehead atoms. The predicted octanol–water partition coefficient (Wildman–Crippen LogP) is 1.88. The highest BCUT2D eigenvalue weighted by molar-refractivity contribution is 7.91. The molecular formula is C14H15NO5S2. The van der Waals surface area contributed by atoms with E-state index in [2.05, 4.69) is 4.72 Å². The van der Waals surface area contributed by atoms with E-state index >= 15 is 0 Å². The number of sulfonamides is 1. The van der Waals surface area contributed by atoms with Gasteiger partial charge in [0.05, 0.1) is 6.10 Å². The lowest BCUT2D eigenvalue weighted by molar-refractivity contribution is 0.166. The highest BCUT2D eigenvalue weighted by atomic mass is 32.2. The molecule has 1 atom stereocenters. The number of rotatable bonds is 6. The van der Waals surface area contributed by atoms with E-state index in [9.17, 15) is 13.5 Å². The van der Waals surface area contributed by atoms with Crippen molar-refractivity contribution in [3.63, 3.8) is 0 Å². The molecule has 0 fully saturated rings. The zero-order valence-corrected chi connectivity index (χ0v) is 13.2. The van der Waals surface area contributed by atoms with E-state index in [0.717, 1.165) is 11.3 Å². The molecule has 0 saturated heterocycles. The molecule has 0 saturated carbocycles. The van der Waals surface area contributed by atoms with Gasteiger partial charge in [-0.1, -0.05) is 12.1 Å². The van der Waals surface area contributed by atoms with Crippen LogP contribution in [0.25, 0.3) is 0 Å². The molecule has 3 rings (SSSR count). The number of hydrogen-bond acceptors (Lipinski definition) is 6. The Morgan fingerprint density at radius 3 is 2.86 bits per heavy atom. The third kappa shape index (κ3) is 3.25. The Bertz CT molecular complexity index is 743. The van der Waals surface area contributed by atoms with E-state index in [1.54, 1.807) is 35.7 Å². The van der Waals surface area contributed by atoms with Crippen molar-refractivity contribution in [2.45, 2.75) is 16.7 Å². The average Bonchev–Trinajstić information content (AvgIpc) is 3.17. The Kier molecular flexibility index (Phi) is 4.34. The number of benzene rings is 1. The van der Waals surface area contributed by atoms with Crippen molar-refractivity contribution in [2.75, 3.05) is 13.3 Å². The molecule has 1 aliphatic rings. The predicted molar refractivity (Wildman–Crippen MR) is 81.6 cm³/mol. The van der Waals surface area contributed by atoms with Gasteiger partial charge in [0, 0.05) is 6.54 Å². The molecule has 22 heavy (non-hydrogen) atoms. The van der Waals surface area contributed by atoms with Crippen LogP contribution in [0.4, 0.5) is 0 Å². The summed E-state index contributed by atoms with van der Waals surface area (Å²) in [4.78, 5) is 0. The van der Waals surface area contributed by atoms with Crippen molar-refractivity contribution in [2.24, 2.45) is 0 Å². The number of hydrogen-bond donors (Lipinski definition) is 2. The van der Waals surface area contributed by atoms with Crippen molar-refractivity contribution in [1.82, 2.24) is 4.72 Å². The Labute approximate surface area is 132 Å². The van der Waals surface area contributed by atoms with Gasteiger partial charge in [0.2, 0.25) is 16.8 Å². The van der Waals surface area contributed by atoms with Gasteiger partial charge in [0.1, 0.15) is 4.21 Å². The molecular weight excluding hydrogens is 326 g/mol. The quantitative estimate of drug-likeness (QED) is 0.838. The largest absolute Gasteiger partial charge is 0.454 e. The van der Waals surface area contributed by atoms with Crippen LogP contribution in [0.2, 0.25) is 0 Å². The molecule has 2 aromatic rings. The summed E-state index contributed by atoms with van der Waals surface area (Å²) in [6.45, 7) is 0.325. The average molecular weight is 341 g/mol. The molecule has 0 aliphatic carbocycles. The Hall–Kier alpha value is -1.61. The first-order valence-electron chi connectivity index (χ1n) is 6.67. The monoisotopic (exact) mass is 341 g/mol. The lowest BCUT2D eigenvalue weighted by atomic mass is 10.1. The van der Waals surface area contributed by atoms with Gasteiger partial charge in [-0.15, -0.1) is 11.3 Å². The molecule has 1 aromatic carbocycles. The summed E-state index contributed by atoms with van der Waals surface area (Å²) in [5, 5.41) is 11.9. The molecule has 0 radical (unpaired) electrons. The van der Waals surface area contributed by atoms with Gasteiger partial charge >= 0.3 is 0 Å². The lowest BCUT2D eigenvalue weighted by Crippen LogP contribution is -2.25. The van der Waals surface area contributed by atoms with Crippen molar-refractivity contribution >= 4 is 21.4 Å². The zero-order valence-electron chi connectivity index (χ0n) is 11.6. The van der Waals surface area contributed by atoms with Crippen molar-refractivity contribution in [3.8, 4) is 11.5 Å². The number of nitrogens with one attached hydrogen (secondary N) is 1. The smallest absolute Gasteiger partial charge is 0.250 e. The van der Waals surface area contributed by atoms with Crippen LogP contribution in [0.15, 0.2) is 39.9 Å². The highest BCUT2D eigenvalue weighted by Gasteiger charge is 2.18. The second kappa shape index (κ2) is 6.25. The molecule has 8 heteroatoms. The maximum atomic E-state index is 11.9. The summed E-state index contributed by atoms with van der Waals surface area (Å²) >= 11 is 1.16. The number of aliphatic hydroxyl groups excluding tert-OH is 1. The van der Waals surface area contributed by atoms with E-state index in [0.29, 0.717) is 17.1 Å². The molecule has 1 unspecified atom stereocenters. The molecule has 1 aromatic heterocycles. The SMILES string of the molecule is O=S(=O)(NCCC(O)c1ccc2c(c1)OCO2)c1cccs1. The molecule has 6 nitrogen and oxygen atoms in total. The Morgan fingerprint density at radius 2 is 2.09 bits per heavy atom. The summed E-state index contributed by atoms with van der Waals surface area (Å²) in [5.74, 6) is 1.24. The van der Waals surface area contributed by atoms with Crippen LogP contribution < -0.4 is 14.2 Å². The summed E-state index contributed by atoms with van der Waals surface area (Å²) in [5.41, 5.74) is 0.666. The summed E-state index contributed by atoms with van der Waals surface area (Å²) < 4.78 is 37.1. The van der Waals surface area contributed by atoms with Gasteiger partial charge in [0.25, 0.3) is 0 Å². The van der Waals surface area contributed by atoms with Gasteiger partial charge in [-0.05, 0) is 35.6 Å². The van der Waals surface area contributed by atoms with Gasteiger partial charge in [-0.3, -0.25) is 0 Å². The third-order valence-electron chi connectivity index (χ3n) is 3.25. The molecule has 118 valence electrons. The Balaban J connectivity index is 1.58. The van der Waals surface area contributed by atoms with E-state index in [-0.39, 0.29) is 24.0 Å². The fourth-order valence-corrected chi connectivity index (χ4v) is 4.19. The van der Waals surface area contributed by atoms with E-state index in [1.165, 1.54) is 0 Å². The number of thiophene rings is 1. The maximum absolute atomic E-state index is 11.9. The first kappa shape index (κ1) is 15.3. The van der Waals surface area contributed by atoms with Gasteiger partial charge in [-0.2, -0.15) is 0 Å².